The van der Waals surface area contributed by atoms with E-state index in [0.717, 1.165) is 17.3 Å². The number of aromatic nitrogens is 2. The molecule has 0 spiro atoms. The summed E-state index contributed by atoms with van der Waals surface area (Å²) in [5.74, 6) is 0.776. The first-order valence-corrected chi connectivity index (χ1v) is 7.70. The molecule has 0 atom stereocenters. The van der Waals surface area contributed by atoms with Gasteiger partial charge in [-0.25, -0.2) is 4.98 Å². The fraction of sp³-hybridized carbons (Fsp3) is 0.615. The molecule has 3 rings (SSSR count). The van der Waals surface area contributed by atoms with E-state index in [1.54, 1.807) is 11.3 Å². The predicted molar refractivity (Wildman–Crippen MR) is 73.0 cm³/mol. The molecule has 1 aliphatic carbocycles. The van der Waals surface area contributed by atoms with Crippen LogP contribution in [0.15, 0.2) is 17.8 Å². The zero-order chi connectivity index (χ0) is 11.7. The van der Waals surface area contributed by atoms with Gasteiger partial charge >= 0.3 is 0 Å². The topological polar surface area (TPSA) is 17.3 Å². The number of fused-ring (bicyclic) bond motifs is 1. The molecule has 1 aliphatic rings. The predicted octanol–water partition coefficient (Wildman–Crippen LogP) is 4.13. The van der Waals surface area contributed by atoms with E-state index in [-0.39, 0.29) is 0 Å². The van der Waals surface area contributed by atoms with Gasteiger partial charge in [0, 0.05) is 23.7 Å². The van der Waals surface area contributed by atoms with Crippen molar-refractivity contribution in [3.05, 3.63) is 23.5 Å². The number of hydrogen-bond acceptors (Lipinski definition) is 2. The molecule has 17 heavy (non-hydrogen) atoms. The van der Waals surface area contributed by atoms with Gasteiger partial charge in [0.25, 0.3) is 0 Å². The van der Waals surface area contributed by atoms with Gasteiger partial charge in [0.15, 0.2) is 4.96 Å². The van der Waals surface area contributed by atoms with Crippen LogP contribution in [0.4, 0.5) is 0 Å². The molecular weight excluding hydrogens is 252 g/mol. The fourth-order valence-corrected chi connectivity index (χ4v) is 3.99. The van der Waals surface area contributed by atoms with Crippen LogP contribution in [-0.2, 0) is 6.42 Å². The molecule has 0 bridgehead atoms. The van der Waals surface area contributed by atoms with Crippen LogP contribution in [0.1, 0.15) is 37.8 Å². The molecule has 0 radical (unpaired) electrons. The summed E-state index contributed by atoms with van der Waals surface area (Å²) in [6.07, 6.45) is 11.8. The Bertz CT molecular complexity index is 468. The number of rotatable bonds is 3. The third-order valence-corrected chi connectivity index (χ3v) is 5.23. The summed E-state index contributed by atoms with van der Waals surface area (Å²) < 4.78 is 2.12. The molecular formula is C13H17ClN2S. The van der Waals surface area contributed by atoms with Crippen molar-refractivity contribution in [3.8, 4) is 0 Å². The van der Waals surface area contributed by atoms with Crippen molar-refractivity contribution in [2.24, 2.45) is 5.41 Å². The summed E-state index contributed by atoms with van der Waals surface area (Å²) in [4.78, 5) is 5.78. The quantitative estimate of drug-likeness (QED) is 0.765. The molecule has 0 N–H and O–H groups in total. The lowest BCUT2D eigenvalue weighted by Crippen LogP contribution is -2.28. The molecule has 0 aromatic carbocycles. The average molecular weight is 269 g/mol. The lowest BCUT2D eigenvalue weighted by Gasteiger charge is -2.35. The molecule has 92 valence electrons. The van der Waals surface area contributed by atoms with Crippen LogP contribution in [0.3, 0.4) is 0 Å². The highest BCUT2D eigenvalue weighted by atomic mass is 35.5. The van der Waals surface area contributed by atoms with Gasteiger partial charge in [0.2, 0.25) is 0 Å². The standard InChI is InChI=1S/C13H17ClN2S/c14-10-13(4-2-1-3-5-13)8-11-9-16-6-7-17-12(16)15-11/h6-7,9H,1-5,8,10H2. The summed E-state index contributed by atoms with van der Waals surface area (Å²) in [6.45, 7) is 0. The van der Waals surface area contributed by atoms with Gasteiger partial charge in [-0.3, -0.25) is 4.40 Å². The van der Waals surface area contributed by atoms with Crippen LogP contribution in [0.5, 0.6) is 0 Å². The maximum atomic E-state index is 6.23. The van der Waals surface area contributed by atoms with Crippen LogP contribution in [0.25, 0.3) is 4.96 Å². The first-order chi connectivity index (χ1) is 8.31. The molecule has 0 unspecified atom stereocenters. The number of nitrogens with zero attached hydrogens (tertiary/aromatic N) is 2. The maximum absolute atomic E-state index is 6.23. The summed E-state index contributed by atoms with van der Waals surface area (Å²) >= 11 is 7.92. The van der Waals surface area contributed by atoms with Crippen LogP contribution >= 0.6 is 22.9 Å². The summed E-state index contributed by atoms with van der Waals surface area (Å²) in [5, 5.41) is 2.07. The van der Waals surface area contributed by atoms with E-state index in [2.05, 4.69) is 27.2 Å². The zero-order valence-corrected chi connectivity index (χ0v) is 11.4. The lowest BCUT2D eigenvalue weighted by atomic mass is 9.73. The van der Waals surface area contributed by atoms with E-state index >= 15 is 0 Å². The van der Waals surface area contributed by atoms with Gasteiger partial charge in [-0.05, 0) is 24.7 Å². The third-order valence-electron chi connectivity index (χ3n) is 3.90. The van der Waals surface area contributed by atoms with Crippen molar-refractivity contribution in [1.82, 2.24) is 9.38 Å². The Morgan fingerprint density at radius 2 is 2.18 bits per heavy atom. The molecule has 2 heterocycles. The van der Waals surface area contributed by atoms with Crippen LogP contribution in [0, 0.1) is 5.41 Å². The molecule has 0 aliphatic heterocycles. The number of imidazole rings is 1. The second kappa shape index (κ2) is 4.62. The lowest BCUT2D eigenvalue weighted by molar-refractivity contribution is 0.218. The Labute approximate surface area is 111 Å². The van der Waals surface area contributed by atoms with Crippen molar-refractivity contribution >= 4 is 27.9 Å². The molecule has 1 saturated carbocycles. The smallest absolute Gasteiger partial charge is 0.193 e. The minimum Gasteiger partial charge on any atom is -0.297 e. The molecule has 2 aromatic rings. The van der Waals surface area contributed by atoms with Crippen molar-refractivity contribution in [1.29, 1.82) is 0 Å². The maximum Gasteiger partial charge on any atom is 0.193 e. The van der Waals surface area contributed by atoms with E-state index in [1.807, 2.05) is 0 Å². The van der Waals surface area contributed by atoms with Gasteiger partial charge in [0.05, 0.1) is 5.69 Å². The van der Waals surface area contributed by atoms with Crippen molar-refractivity contribution in [2.45, 2.75) is 38.5 Å². The molecule has 2 aromatic heterocycles. The zero-order valence-electron chi connectivity index (χ0n) is 9.86. The van der Waals surface area contributed by atoms with Crippen molar-refractivity contribution < 1.29 is 0 Å². The highest BCUT2D eigenvalue weighted by Gasteiger charge is 2.32. The van der Waals surface area contributed by atoms with Gasteiger partial charge in [-0.2, -0.15) is 0 Å². The van der Waals surface area contributed by atoms with Crippen LogP contribution in [-0.4, -0.2) is 15.3 Å². The van der Waals surface area contributed by atoms with Gasteiger partial charge in [-0.15, -0.1) is 22.9 Å². The van der Waals surface area contributed by atoms with Crippen molar-refractivity contribution in [3.63, 3.8) is 0 Å². The van der Waals surface area contributed by atoms with Crippen LogP contribution < -0.4 is 0 Å². The molecule has 0 saturated heterocycles. The normalized spacial score (nSPS) is 19.8. The second-order valence-electron chi connectivity index (χ2n) is 5.20. The average Bonchev–Trinajstić information content (AvgIpc) is 2.91. The Morgan fingerprint density at radius 3 is 2.88 bits per heavy atom. The Morgan fingerprint density at radius 1 is 1.35 bits per heavy atom. The minimum atomic E-state index is 0.309. The van der Waals surface area contributed by atoms with Crippen molar-refractivity contribution in [2.75, 3.05) is 5.88 Å². The highest BCUT2D eigenvalue weighted by Crippen LogP contribution is 2.40. The molecule has 0 amide bonds. The van der Waals surface area contributed by atoms with E-state index in [9.17, 15) is 0 Å². The largest absolute Gasteiger partial charge is 0.297 e. The first-order valence-electron chi connectivity index (χ1n) is 6.28. The monoisotopic (exact) mass is 268 g/mol. The third kappa shape index (κ3) is 2.23. The number of halogens is 1. The van der Waals surface area contributed by atoms with E-state index in [0.29, 0.717) is 5.41 Å². The molecule has 4 heteroatoms. The minimum absolute atomic E-state index is 0.309. The van der Waals surface area contributed by atoms with Gasteiger partial charge in [-0.1, -0.05) is 19.3 Å². The van der Waals surface area contributed by atoms with E-state index < -0.39 is 0 Å². The van der Waals surface area contributed by atoms with Gasteiger partial charge < -0.3 is 0 Å². The first kappa shape index (κ1) is 11.5. The van der Waals surface area contributed by atoms with E-state index in [1.165, 1.54) is 37.8 Å². The fourth-order valence-electron chi connectivity index (χ4n) is 2.90. The summed E-state index contributed by atoms with van der Waals surface area (Å²) in [6, 6.07) is 0. The van der Waals surface area contributed by atoms with E-state index in [4.69, 9.17) is 11.6 Å². The highest BCUT2D eigenvalue weighted by molar-refractivity contribution is 7.15. The molecule has 1 fully saturated rings. The second-order valence-corrected chi connectivity index (χ2v) is 6.34. The Hall–Kier alpha value is -0.540. The van der Waals surface area contributed by atoms with Gasteiger partial charge in [0.1, 0.15) is 0 Å². The Kier molecular flexibility index (Phi) is 3.14. The SMILES string of the molecule is ClCC1(Cc2cn3ccsc3n2)CCCCC1. The number of hydrogen-bond donors (Lipinski definition) is 0. The number of alkyl halides is 1. The van der Waals surface area contributed by atoms with Crippen LogP contribution in [0.2, 0.25) is 0 Å². The summed E-state index contributed by atoms with van der Waals surface area (Å²) in [5.41, 5.74) is 1.52. The number of thiazole rings is 1. The Balaban J connectivity index is 1.82. The molecule has 2 nitrogen and oxygen atoms in total. The summed E-state index contributed by atoms with van der Waals surface area (Å²) in [7, 11) is 0.